The molecule has 4 heterocycles. The van der Waals surface area contributed by atoms with Gasteiger partial charge < -0.3 is 20.5 Å². The minimum Gasteiger partial charge on any atom is -0.398 e. The summed E-state index contributed by atoms with van der Waals surface area (Å²) in [5.74, 6) is -0.322. The van der Waals surface area contributed by atoms with Crippen LogP contribution in [-0.4, -0.2) is 63.9 Å². The summed E-state index contributed by atoms with van der Waals surface area (Å²) in [5, 5.41) is -0.122. The van der Waals surface area contributed by atoms with Crippen molar-refractivity contribution in [2.45, 2.75) is 37.5 Å². The van der Waals surface area contributed by atoms with Crippen molar-refractivity contribution in [2.24, 2.45) is 0 Å². The lowest BCUT2D eigenvalue weighted by molar-refractivity contribution is 0.0713. The zero-order valence-electron chi connectivity index (χ0n) is 19.0. The summed E-state index contributed by atoms with van der Waals surface area (Å²) in [5.41, 5.74) is 7.88. The Bertz CT molecular complexity index is 1230. The molecule has 34 heavy (non-hydrogen) atoms. The lowest BCUT2D eigenvalue weighted by Gasteiger charge is -2.32. The van der Waals surface area contributed by atoms with Crippen molar-refractivity contribution in [3.63, 3.8) is 0 Å². The fraction of sp³-hybridized carbons (Fsp3) is 0.458. The van der Waals surface area contributed by atoms with Crippen molar-refractivity contribution in [2.75, 3.05) is 39.0 Å². The van der Waals surface area contributed by atoms with E-state index >= 15 is 0 Å². The monoisotopic (exact) mass is 488 g/mol. The highest BCUT2D eigenvalue weighted by molar-refractivity contribution is 6.31. The number of aromatic amines is 1. The molecule has 0 bridgehead atoms. The number of nitrogens with one attached hydrogen (secondary N) is 1. The predicted molar refractivity (Wildman–Crippen MR) is 127 cm³/mol. The van der Waals surface area contributed by atoms with Crippen LogP contribution in [0, 0.1) is 11.6 Å². The van der Waals surface area contributed by atoms with E-state index in [9.17, 15) is 13.6 Å². The Kier molecular flexibility index (Phi) is 6.16. The number of carbonyl (C=O) groups excluding carboxylic acids is 1. The van der Waals surface area contributed by atoms with Crippen LogP contribution in [0.15, 0.2) is 18.3 Å². The first-order chi connectivity index (χ1) is 16.3. The van der Waals surface area contributed by atoms with Gasteiger partial charge in [0.15, 0.2) is 5.65 Å². The van der Waals surface area contributed by atoms with Crippen molar-refractivity contribution < 1.29 is 13.6 Å². The number of pyridine rings is 1. The smallest absolute Gasteiger partial charge is 0.256 e. The second-order valence-corrected chi connectivity index (χ2v) is 9.74. The third-order valence-corrected chi connectivity index (χ3v) is 7.43. The molecule has 0 radical (unpaired) electrons. The summed E-state index contributed by atoms with van der Waals surface area (Å²) in [4.78, 5) is 29.2. The SMILES string of the molecule is CN1CCC(c2nc3c(C4CCN(C(=O)c5cc(F)c(Cl)cc5N)CC4)c(F)cnc3[nH]2)CC1. The van der Waals surface area contributed by atoms with Gasteiger partial charge >= 0.3 is 0 Å². The van der Waals surface area contributed by atoms with Crippen LogP contribution in [0.1, 0.15) is 59.3 Å². The number of H-pyrrole nitrogens is 1. The number of halogens is 3. The van der Waals surface area contributed by atoms with E-state index in [2.05, 4.69) is 21.9 Å². The predicted octanol–water partition coefficient (Wildman–Crippen LogP) is 4.30. The van der Waals surface area contributed by atoms with Crippen LogP contribution in [0.2, 0.25) is 5.02 Å². The summed E-state index contributed by atoms with van der Waals surface area (Å²) in [6, 6.07) is 2.33. The number of benzene rings is 1. The molecule has 0 unspecified atom stereocenters. The molecular weight excluding hydrogens is 462 g/mol. The molecular formula is C24H27ClF2N6O. The minimum atomic E-state index is -0.686. The maximum absolute atomic E-state index is 15.0. The largest absolute Gasteiger partial charge is 0.398 e. The molecule has 5 rings (SSSR count). The Hall–Kier alpha value is -2.78. The first-order valence-corrected chi connectivity index (χ1v) is 12.0. The topological polar surface area (TPSA) is 91.1 Å². The number of piperidine rings is 2. The van der Waals surface area contributed by atoms with E-state index in [0.717, 1.165) is 37.8 Å². The van der Waals surface area contributed by atoms with Crippen LogP contribution in [0.5, 0.6) is 0 Å². The van der Waals surface area contributed by atoms with Crippen molar-refractivity contribution in [3.05, 3.63) is 51.9 Å². The number of fused-ring (bicyclic) bond motifs is 1. The Balaban J connectivity index is 1.35. The van der Waals surface area contributed by atoms with Crippen LogP contribution in [-0.2, 0) is 0 Å². The number of nitrogens with zero attached hydrogens (tertiary/aromatic N) is 4. The van der Waals surface area contributed by atoms with Gasteiger partial charge in [-0.05, 0) is 63.9 Å². The molecule has 180 valence electrons. The van der Waals surface area contributed by atoms with E-state index in [1.807, 2.05) is 0 Å². The van der Waals surface area contributed by atoms with Gasteiger partial charge in [-0.15, -0.1) is 0 Å². The van der Waals surface area contributed by atoms with Crippen molar-refractivity contribution in [1.82, 2.24) is 24.8 Å². The van der Waals surface area contributed by atoms with E-state index in [0.29, 0.717) is 48.6 Å². The van der Waals surface area contributed by atoms with Gasteiger partial charge in [0.05, 0.1) is 16.8 Å². The van der Waals surface area contributed by atoms with Crippen LogP contribution in [0.4, 0.5) is 14.5 Å². The van der Waals surface area contributed by atoms with Crippen LogP contribution >= 0.6 is 11.6 Å². The number of likely N-dealkylation sites (tertiary alicyclic amines) is 2. The van der Waals surface area contributed by atoms with E-state index < -0.39 is 5.82 Å². The number of hydrogen-bond acceptors (Lipinski definition) is 5. The Morgan fingerprint density at radius 2 is 1.76 bits per heavy atom. The van der Waals surface area contributed by atoms with Crippen LogP contribution < -0.4 is 5.73 Å². The quantitative estimate of drug-likeness (QED) is 0.536. The molecule has 3 aromatic rings. The van der Waals surface area contributed by atoms with Crippen LogP contribution in [0.3, 0.4) is 0 Å². The molecule has 0 aliphatic carbocycles. The van der Waals surface area contributed by atoms with Crippen molar-refractivity contribution >= 4 is 34.4 Å². The number of rotatable bonds is 3. The average Bonchev–Trinajstić information content (AvgIpc) is 3.26. The van der Waals surface area contributed by atoms with Gasteiger partial charge in [-0.3, -0.25) is 4.79 Å². The molecule has 0 spiro atoms. The number of imidazole rings is 1. The third-order valence-electron chi connectivity index (χ3n) is 7.14. The molecule has 2 saturated heterocycles. The lowest BCUT2D eigenvalue weighted by atomic mass is 9.88. The highest BCUT2D eigenvalue weighted by Gasteiger charge is 2.30. The molecule has 2 aromatic heterocycles. The molecule has 2 aliphatic heterocycles. The Morgan fingerprint density at radius 3 is 2.47 bits per heavy atom. The number of amides is 1. The number of nitrogen functional groups attached to an aromatic ring is 1. The minimum absolute atomic E-state index is 0.0906. The summed E-state index contributed by atoms with van der Waals surface area (Å²) in [7, 11) is 2.11. The van der Waals surface area contributed by atoms with E-state index in [1.165, 1.54) is 12.3 Å². The average molecular weight is 489 g/mol. The second kappa shape index (κ2) is 9.11. The molecule has 3 N–H and O–H groups in total. The molecule has 0 atom stereocenters. The molecule has 1 aromatic carbocycles. The highest BCUT2D eigenvalue weighted by atomic mass is 35.5. The molecule has 2 fully saturated rings. The summed E-state index contributed by atoms with van der Waals surface area (Å²) in [6.07, 6.45) is 4.39. The van der Waals surface area contributed by atoms with Gasteiger partial charge in [-0.25, -0.2) is 18.7 Å². The maximum atomic E-state index is 15.0. The molecule has 1 amide bonds. The van der Waals surface area contributed by atoms with Gasteiger partial charge in [0.2, 0.25) is 0 Å². The first kappa shape index (κ1) is 23.0. The second-order valence-electron chi connectivity index (χ2n) is 9.34. The van der Waals surface area contributed by atoms with E-state index in [-0.39, 0.29) is 33.9 Å². The molecule has 0 saturated carbocycles. The molecule has 2 aliphatic rings. The number of hydrogen-bond donors (Lipinski definition) is 2. The number of carbonyl (C=O) groups is 1. The van der Waals surface area contributed by atoms with Gasteiger partial charge in [0, 0.05) is 30.3 Å². The Labute approximate surface area is 201 Å². The fourth-order valence-corrected chi connectivity index (χ4v) is 5.29. The van der Waals surface area contributed by atoms with E-state index in [4.69, 9.17) is 22.3 Å². The summed E-state index contributed by atoms with van der Waals surface area (Å²) in [6.45, 7) is 2.82. The maximum Gasteiger partial charge on any atom is 0.256 e. The summed E-state index contributed by atoms with van der Waals surface area (Å²) < 4.78 is 28.9. The normalized spacial score (nSPS) is 18.6. The zero-order chi connectivity index (χ0) is 24.0. The van der Waals surface area contributed by atoms with Gasteiger partial charge in [-0.1, -0.05) is 11.6 Å². The highest BCUT2D eigenvalue weighted by Crippen LogP contribution is 2.36. The fourth-order valence-electron chi connectivity index (χ4n) is 5.12. The molecule has 7 nitrogen and oxygen atoms in total. The standard InChI is InChI=1S/C24H27ClF2N6O/c1-32-6-2-14(3-7-32)22-30-21-20(18(27)12-29-23(21)31-22)13-4-8-33(9-5-13)24(34)15-10-17(26)16(25)11-19(15)28/h10-14H,2-9,28H2,1H3,(H,29,30,31). The van der Waals surface area contributed by atoms with Gasteiger partial charge in [-0.2, -0.15) is 0 Å². The third kappa shape index (κ3) is 4.22. The number of aromatic nitrogens is 3. The number of anilines is 1. The molecule has 10 heteroatoms. The zero-order valence-corrected chi connectivity index (χ0v) is 19.7. The summed E-state index contributed by atoms with van der Waals surface area (Å²) >= 11 is 5.75. The van der Waals surface area contributed by atoms with Crippen molar-refractivity contribution in [1.29, 1.82) is 0 Å². The first-order valence-electron chi connectivity index (χ1n) is 11.6. The van der Waals surface area contributed by atoms with Crippen LogP contribution in [0.25, 0.3) is 11.2 Å². The van der Waals surface area contributed by atoms with E-state index in [1.54, 1.807) is 4.90 Å². The van der Waals surface area contributed by atoms with Gasteiger partial charge in [0.25, 0.3) is 5.91 Å². The van der Waals surface area contributed by atoms with Gasteiger partial charge in [0.1, 0.15) is 23.0 Å². The lowest BCUT2D eigenvalue weighted by Crippen LogP contribution is -2.38. The Morgan fingerprint density at radius 1 is 1.09 bits per heavy atom. The number of nitrogens with two attached hydrogens (primary N) is 1. The van der Waals surface area contributed by atoms with Crippen molar-refractivity contribution in [3.8, 4) is 0 Å².